The fourth-order valence-corrected chi connectivity index (χ4v) is 3.98. The number of carboxylic acids is 1. The van der Waals surface area contributed by atoms with E-state index in [2.05, 4.69) is 5.32 Å². The van der Waals surface area contributed by atoms with Crippen LogP contribution in [0, 0.1) is 0 Å². The van der Waals surface area contributed by atoms with E-state index in [9.17, 15) is 23.1 Å². The quantitative estimate of drug-likeness (QED) is 0.352. The standard InChI is InChI=1S/C26H23F3N2O3/c1-34-20-10-11-23-21(13-20)22(16-31(23)15-17-6-3-2-4-7-17)24(25(32)33)30-14-18-8-5-9-19(12-18)26(27,28)29/h2-13,16,24,30H,14-15H2,1H3,(H,32,33). The van der Waals surface area contributed by atoms with Gasteiger partial charge in [0.1, 0.15) is 11.8 Å². The molecule has 0 aliphatic heterocycles. The molecule has 0 radical (unpaired) electrons. The molecule has 1 heterocycles. The fraction of sp³-hybridized carbons (Fsp3) is 0.192. The van der Waals surface area contributed by atoms with E-state index < -0.39 is 23.8 Å². The highest BCUT2D eigenvalue weighted by Gasteiger charge is 2.30. The van der Waals surface area contributed by atoms with Crippen LogP contribution in [0.3, 0.4) is 0 Å². The van der Waals surface area contributed by atoms with Gasteiger partial charge in [-0.1, -0.05) is 48.5 Å². The minimum absolute atomic E-state index is 0.0454. The lowest BCUT2D eigenvalue weighted by Crippen LogP contribution is -2.28. The monoisotopic (exact) mass is 468 g/mol. The van der Waals surface area contributed by atoms with E-state index in [4.69, 9.17) is 4.74 Å². The number of hydrogen-bond donors (Lipinski definition) is 2. The summed E-state index contributed by atoms with van der Waals surface area (Å²) >= 11 is 0. The largest absolute Gasteiger partial charge is 0.497 e. The Kier molecular flexibility index (Phi) is 6.61. The van der Waals surface area contributed by atoms with E-state index >= 15 is 0 Å². The molecule has 4 aromatic rings. The number of benzene rings is 3. The average molecular weight is 468 g/mol. The summed E-state index contributed by atoms with van der Waals surface area (Å²) in [5, 5.41) is 13.6. The van der Waals surface area contributed by atoms with Crippen LogP contribution in [0.2, 0.25) is 0 Å². The van der Waals surface area contributed by atoms with Crippen molar-refractivity contribution in [2.75, 3.05) is 7.11 Å². The van der Waals surface area contributed by atoms with Crippen molar-refractivity contribution in [2.24, 2.45) is 0 Å². The Morgan fingerprint density at radius 2 is 1.76 bits per heavy atom. The van der Waals surface area contributed by atoms with E-state index in [0.29, 0.717) is 28.8 Å². The highest BCUT2D eigenvalue weighted by molar-refractivity contribution is 5.90. The van der Waals surface area contributed by atoms with E-state index in [0.717, 1.165) is 23.2 Å². The molecule has 3 aromatic carbocycles. The highest BCUT2D eigenvalue weighted by atomic mass is 19.4. The molecule has 0 spiro atoms. The summed E-state index contributed by atoms with van der Waals surface area (Å²) in [4.78, 5) is 12.2. The zero-order valence-electron chi connectivity index (χ0n) is 18.3. The smallest absolute Gasteiger partial charge is 0.416 e. The van der Waals surface area contributed by atoms with E-state index in [1.807, 2.05) is 41.0 Å². The van der Waals surface area contributed by atoms with Crippen molar-refractivity contribution in [2.45, 2.75) is 25.3 Å². The van der Waals surface area contributed by atoms with Crippen LogP contribution in [-0.2, 0) is 24.1 Å². The second-order valence-corrected chi connectivity index (χ2v) is 7.93. The van der Waals surface area contributed by atoms with Gasteiger partial charge in [-0.3, -0.25) is 10.1 Å². The summed E-state index contributed by atoms with van der Waals surface area (Å²) in [7, 11) is 1.53. The zero-order chi connectivity index (χ0) is 24.3. The van der Waals surface area contributed by atoms with E-state index in [-0.39, 0.29) is 6.54 Å². The SMILES string of the molecule is COc1ccc2c(c1)c(C(NCc1cccc(C(F)(F)F)c1)C(=O)O)cn2Cc1ccccc1. The number of alkyl halides is 3. The number of ether oxygens (including phenoxy) is 1. The van der Waals surface area contributed by atoms with Gasteiger partial charge in [-0.15, -0.1) is 0 Å². The van der Waals surface area contributed by atoms with Crippen LogP contribution in [0.1, 0.15) is 28.3 Å². The number of fused-ring (bicyclic) bond motifs is 1. The summed E-state index contributed by atoms with van der Waals surface area (Å²) < 4.78 is 46.5. The van der Waals surface area contributed by atoms with Gasteiger partial charge >= 0.3 is 12.1 Å². The van der Waals surface area contributed by atoms with Gasteiger partial charge in [-0.25, -0.2) is 0 Å². The third-order valence-electron chi connectivity index (χ3n) is 5.64. The van der Waals surface area contributed by atoms with Crippen LogP contribution >= 0.6 is 0 Å². The second kappa shape index (κ2) is 9.61. The predicted molar refractivity (Wildman–Crippen MR) is 123 cm³/mol. The van der Waals surface area contributed by atoms with Gasteiger partial charge in [0.2, 0.25) is 0 Å². The highest BCUT2D eigenvalue weighted by Crippen LogP contribution is 2.32. The molecule has 0 fully saturated rings. The maximum atomic E-state index is 13.1. The first-order chi connectivity index (χ1) is 16.3. The van der Waals surface area contributed by atoms with E-state index in [1.165, 1.54) is 19.2 Å². The first-order valence-corrected chi connectivity index (χ1v) is 10.6. The Labute approximate surface area is 194 Å². The van der Waals surface area contributed by atoms with Crippen LogP contribution in [0.15, 0.2) is 79.0 Å². The van der Waals surface area contributed by atoms with Gasteiger partial charge in [-0.05, 0) is 35.4 Å². The minimum Gasteiger partial charge on any atom is -0.497 e. The molecule has 0 amide bonds. The van der Waals surface area contributed by atoms with Crippen LogP contribution in [0.5, 0.6) is 5.75 Å². The van der Waals surface area contributed by atoms with Gasteiger partial charge in [-0.2, -0.15) is 13.2 Å². The first kappa shape index (κ1) is 23.4. The fourth-order valence-electron chi connectivity index (χ4n) is 3.98. The zero-order valence-corrected chi connectivity index (χ0v) is 18.3. The molecule has 1 aromatic heterocycles. The lowest BCUT2D eigenvalue weighted by molar-refractivity contribution is -0.140. The third kappa shape index (κ3) is 5.07. The molecular formula is C26H23F3N2O3. The molecular weight excluding hydrogens is 445 g/mol. The van der Waals surface area contributed by atoms with Crippen LogP contribution in [0.4, 0.5) is 13.2 Å². The Bertz CT molecular complexity index is 1300. The molecule has 4 rings (SSSR count). The molecule has 1 unspecified atom stereocenters. The summed E-state index contributed by atoms with van der Waals surface area (Å²) in [6.07, 6.45) is -2.70. The minimum atomic E-state index is -4.47. The number of carbonyl (C=O) groups is 1. The summed E-state index contributed by atoms with van der Waals surface area (Å²) in [5.41, 5.74) is 1.94. The third-order valence-corrected chi connectivity index (χ3v) is 5.64. The summed E-state index contributed by atoms with van der Waals surface area (Å²) in [5.74, 6) is -0.554. The first-order valence-electron chi connectivity index (χ1n) is 10.6. The Morgan fingerprint density at radius 3 is 2.44 bits per heavy atom. The molecule has 0 saturated heterocycles. The predicted octanol–water partition coefficient (Wildman–Crippen LogP) is 5.63. The number of nitrogens with one attached hydrogen (secondary N) is 1. The number of rotatable bonds is 8. The number of hydrogen-bond acceptors (Lipinski definition) is 3. The van der Waals surface area contributed by atoms with Gasteiger partial charge in [0.05, 0.1) is 12.7 Å². The van der Waals surface area contributed by atoms with Crippen molar-refractivity contribution in [3.63, 3.8) is 0 Å². The molecule has 5 nitrogen and oxygen atoms in total. The Balaban J connectivity index is 1.69. The normalized spacial score (nSPS) is 12.6. The molecule has 34 heavy (non-hydrogen) atoms. The maximum Gasteiger partial charge on any atom is 0.416 e. The molecule has 1 atom stereocenters. The molecule has 2 N–H and O–H groups in total. The topological polar surface area (TPSA) is 63.5 Å². The second-order valence-electron chi connectivity index (χ2n) is 7.93. The van der Waals surface area contributed by atoms with Crippen LogP contribution < -0.4 is 10.1 Å². The van der Waals surface area contributed by atoms with Gasteiger partial charge < -0.3 is 14.4 Å². The number of halogens is 3. The van der Waals surface area contributed by atoms with Crippen molar-refractivity contribution in [3.8, 4) is 5.75 Å². The van der Waals surface area contributed by atoms with Gasteiger partial charge in [0.15, 0.2) is 0 Å². The van der Waals surface area contributed by atoms with Crippen molar-refractivity contribution in [1.29, 1.82) is 0 Å². The summed E-state index contributed by atoms with van der Waals surface area (Å²) in [6, 6.07) is 18.9. The lowest BCUT2D eigenvalue weighted by atomic mass is 10.0. The molecule has 8 heteroatoms. The molecule has 0 aliphatic rings. The average Bonchev–Trinajstić information content (AvgIpc) is 3.16. The van der Waals surface area contributed by atoms with E-state index in [1.54, 1.807) is 18.3 Å². The molecule has 176 valence electrons. The number of nitrogens with zero attached hydrogens (tertiary/aromatic N) is 1. The van der Waals surface area contributed by atoms with Crippen LogP contribution in [0.25, 0.3) is 10.9 Å². The van der Waals surface area contributed by atoms with Gasteiger partial charge in [0, 0.05) is 35.8 Å². The Hall–Kier alpha value is -3.78. The number of methoxy groups -OCH3 is 1. The van der Waals surface area contributed by atoms with Crippen LogP contribution in [-0.4, -0.2) is 22.8 Å². The molecule has 0 saturated carbocycles. The molecule has 0 bridgehead atoms. The lowest BCUT2D eigenvalue weighted by Gasteiger charge is -2.15. The van der Waals surface area contributed by atoms with Crippen molar-refractivity contribution >= 4 is 16.9 Å². The van der Waals surface area contributed by atoms with Crippen molar-refractivity contribution in [1.82, 2.24) is 9.88 Å². The number of aliphatic carboxylic acids is 1. The number of aromatic nitrogens is 1. The van der Waals surface area contributed by atoms with Crippen molar-refractivity contribution < 1.29 is 27.8 Å². The van der Waals surface area contributed by atoms with Gasteiger partial charge in [0.25, 0.3) is 0 Å². The Morgan fingerprint density at radius 1 is 1.03 bits per heavy atom. The van der Waals surface area contributed by atoms with Crippen molar-refractivity contribution in [3.05, 3.63) is 101 Å². The summed E-state index contributed by atoms with van der Waals surface area (Å²) in [6.45, 7) is 0.486. The number of carboxylic acid groups (broad SMARTS) is 1. The molecule has 0 aliphatic carbocycles. The maximum absolute atomic E-state index is 13.1.